The monoisotopic (exact) mass is 321 g/mol. The van der Waals surface area contributed by atoms with E-state index in [9.17, 15) is 4.79 Å². The smallest absolute Gasteiger partial charge is 0.242 e. The summed E-state index contributed by atoms with van der Waals surface area (Å²) in [5.41, 5.74) is 2.95. The Morgan fingerprint density at radius 3 is 2.58 bits per heavy atom. The van der Waals surface area contributed by atoms with Gasteiger partial charge >= 0.3 is 0 Å². The molecule has 0 unspecified atom stereocenters. The molecule has 2 aromatic rings. The van der Waals surface area contributed by atoms with Gasteiger partial charge in [-0.1, -0.05) is 30.3 Å². The van der Waals surface area contributed by atoms with Gasteiger partial charge in [-0.3, -0.25) is 9.48 Å². The van der Waals surface area contributed by atoms with Gasteiger partial charge in [0.05, 0.1) is 15.9 Å². The number of hydrogen-bond donors (Lipinski definition) is 1. The number of carbonyl (C=O) groups excluding carboxylic acids is 1. The lowest BCUT2D eigenvalue weighted by molar-refractivity contribution is -0.122. The second kappa shape index (κ2) is 6.02. The minimum Gasteiger partial charge on any atom is -0.350 e. The van der Waals surface area contributed by atoms with E-state index in [2.05, 4.69) is 26.3 Å². The molecule has 0 aliphatic rings. The fourth-order valence-corrected chi connectivity index (χ4v) is 2.10. The van der Waals surface area contributed by atoms with Crippen molar-refractivity contribution in [3.8, 4) is 0 Å². The SMILES string of the molecule is Cc1nn(CC(=O)NCc2ccccc2)c(C)c1Br. The van der Waals surface area contributed by atoms with Gasteiger partial charge < -0.3 is 5.32 Å². The van der Waals surface area contributed by atoms with E-state index in [0.717, 1.165) is 21.4 Å². The third-order valence-electron chi connectivity index (χ3n) is 2.92. The number of aryl methyl sites for hydroxylation is 1. The number of aromatic nitrogens is 2. The molecule has 0 radical (unpaired) electrons. The summed E-state index contributed by atoms with van der Waals surface area (Å²) in [6.07, 6.45) is 0. The topological polar surface area (TPSA) is 46.9 Å². The van der Waals surface area contributed by atoms with Crippen LogP contribution < -0.4 is 5.32 Å². The molecule has 5 heteroatoms. The van der Waals surface area contributed by atoms with Crippen molar-refractivity contribution in [2.75, 3.05) is 0 Å². The van der Waals surface area contributed by atoms with Crippen LogP contribution >= 0.6 is 15.9 Å². The number of halogens is 1. The molecule has 100 valence electrons. The fourth-order valence-electron chi connectivity index (χ4n) is 1.82. The third kappa shape index (κ3) is 3.44. The van der Waals surface area contributed by atoms with Crippen molar-refractivity contribution in [3.05, 3.63) is 51.8 Å². The minimum atomic E-state index is -0.0399. The number of nitrogens with zero attached hydrogens (tertiary/aromatic N) is 2. The van der Waals surface area contributed by atoms with Crippen molar-refractivity contribution >= 4 is 21.8 Å². The fraction of sp³-hybridized carbons (Fsp3) is 0.286. The highest BCUT2D eigenvalue weighted by Crippen LogP contribution is 2.19. The van der Waals surface area contributed by atoms with Crippen LogP contribution in [0.3, 0.4) is 0 Å². The molecule has 0 bridgehead atoms. The summed E-state index contributed by atoms with van der Waals surface area (Å²) in [5.74, 6) is -0.0399. The zero-order valence-electron chi connectivity index (χ0n) is 11.0. The van der Waals surface area contributed by atoms with Crippen molar-refractivity contribution < 1.29 is 4.79 Å². The maximum atomic E-state index is 11.9. The van der Waals surface area contributed by atoms with Crippen LogP contribution in [0.25, 0.3) is 0 Å². The summed E-state index contributed by atoms with van der Waals surface area (Å²) in [6, 6.07) is 9.85. The molecule has 0 atom stereocenters. The normalized spacial score (nSPS) is 10.5. The Hall–Kier alpha value is -1.62. The van der Waals surface area contributed by atoms with Gasteiger partial charge in [0.25, 0.3) is 0 Å². The van der Waals surface area contributed by atoms with Crippen LogP contribution in [0.15, 0.2) is 34.8 Å². The Morgan fingerprint density at radius 2 is 2.00 bits per heavy atom. The van der Waals surface area contributed by atoms with Crippen LogP contribution in [0.2, 0.25) is 0 Å². The Morgan fingerprint density at radius 1 is 1.32 bits per heavy atom. The van der Waals surface area contributed by atoms with Crippen molar-refractivity contribution in [2.24, 2.45) is 0 Å². The maximum Gasteiger partial charge on any atom is 0.242 e. The first-order valence-corrected chi connectivity index (χ1v) is 6.87. The predicted octanol–water partition coefficient (Wildman–Crippen LogP) is 2.58. The summed E-state index contributed by atoms with van der Waals surface area (Å²) >= 11 is 3.45. The summed E-state index contributed by atoms with van der Waals surface area (Å²) in [7, 11) is 0. The summed E-state index contributed by atoms with van der Waals surface area (Å²) in [6.45, 7) is 4.63. The standard InChI is InChI=1S/C14H16BrN3O/c1-10-14(15)11(2)18(17-10)9-13(19)16-8-12-6-4-3-5-7-12/h3-7H,8-9H2,1-2H3,(H,16,19). The van der Waals surface area contributed by atoms with Crippen LogP contribution in [-0.2, 0) is 17.9 Å². The van der Waals surface area contributed by atoms with Gasteiger partial charge in [-0.05, 0) is 35.3 Å². The maximum absolute atomic E-state index is 11.9. The molecule has 0 saturated heterocycles. The predicted molar refractivity (Wildman–Crippen MR) is 77.7 cm³/mol. The molecule has 1 N–H and O–H groups in total. The van der Waals surface area contributed by atoms with E-state index in [1.807, 2.05) is 44.2 Å². The van der Waals surface area contributed by atoms with Gasteiger partial charge in [0, 0.05) is 6.54 Å². The number of amides is 1. The van der Waals surface area contributed by atoms with Crippen LogP contribution in [-0.4, -0.2) is 15.7 Å². The molecular formula is C14H16BrN3O. The van der Waals surface area contributed by atoms with Crippen molar-refractivity contribution in [1.82, 2.24) is 15.1 Å². The first-order chi connectivity index (χ1) is 9.08. The van der Waals surface area contributed by atoms with Crippen molar-refractivity contribution in [1.29, 1.82) is 0 Å². The highest BCUT2D eigenvalue weighted by Gasteiger charge is 2.11. The van der Waals surface area contributed by atoms with Crippen LogP contribution in [0.5, 0.6) is 0 Å². The van der Waals surface area contributed by atoms with E-state index >= 15 is 0 Å². The van der Waals surface area contributed by atoms with Gasteiger partial charge in [-0.2, -0.15) is 5.10 Å². The lowest BCUT2D eigenvalue weighted by Gasteiger charge is -2.06. The van der Waals surface area contributed by atoms with Crippen LogP contribution in [0.1, 0.15) is 17.0 Å². The van der Waals surface area contributed by atoms with E-state index in [1.54, 1.807) is 4.68 Å². The van der Waals surface area contributed by atoms with E-state index in [-0.39, 0.29) is 12.5 Å². The van der Waals surface area contributed by atoms with Crippen molar-refractivity contribution in [2.45, 2.75) is 26.9 Å². The Labute approximate surface area is 120 Å². The van der Waals surface area contributed by atoms with Gasteiger partial charge in [-0.25, -0.2) is 0 Å². The number of hydrogen-bond acceptors (Lipinski definition) is 2. The zero-order chi connectivity index (χ0) is 13.8. The highest BCUT2D eigenvalue weighted by molar-refractivity contribution is 9.10. The Balaban J connectivity index is 1.93. The molecular weight excluding hydrogens is 306 g/mol. The summed E-state index contributed by atoms with van der Waals surface area (Å²) in [5, 5.41) is 7.20. The van der Waals surface area contributed by atoms with Gasteiger partial charge in [-0.15, -0.1) is 0 Å². The molecule has 2 rings (SSSR count). The second-order valence-corrected chi connectivity index (χ2v) is 5.20. The second-order valence-electron chi connectivity index (χ2n) is 4.40. The number of rotatable bonds is 4. The van der Waals surface area contributed by atoms with E-state index in [1.165, 1.54) is 0 Å². The van der Waals surface area contributed by atoms with Gasteiger partial charge in [0.1, 0.15) is 6.54 Å². The van der Waals surface area contributed by atoms with Crippen LogP contribution in [0, 0.1) is 13.8 Å². The molecule has 0 saturated carbocycles. The summed E-state index contributed by atoms with van der Waals surface area (Å²) in [4.78, 5) is 11.9. The number of nitrogens with one attached hydrogen (secondary N) is 1. The Bertz CT molecular complexity index is 578. The largest absolute Gasteiger partial charge is 0.350 e. The first kappa shape index (κ1) is 13.8. The molecule has 1 aromatic heterocycles. The Kier molecular flexibility index (Phi) is 4.37. The zero-order valence-corrected chi connectivity index (χ0v) is 12.6. The number of benzene rings is 1. The molecule has 0 spiro atoms. The molecule has 1 amide bonds. The first-order valence-electron chi connectivity index (χ1n) is 6.08. The molecule has 4 nitrogen and oxygen atoms in total. The van der Waals surface area contributed by atoms with E-state index < -0.39 is 0 Å². The van der Waals surface area contributed by atoms with E-state index in [0.29, 0.717) is 6.54 Å². The lowest BCUT2D eigenvalue weighted by atomic mass is 10.2. The molecule has 0 fully saturated rings. The molecule has 19 heavy (non-hydrogen) atoms. The lowest BCUT2D eigenvalue weighted by Crippen LogP contribution is -2.27. The summed E-state index contributed by atoms with van der Waals surface area (Å²) < 4.78 is 2.67. The molecule has 1 aromatic carbocycles. The average molecular weight is 322 g/mol. The molecule has 1 heterocycles. The minimum absolute atomic E-state index is 0.0399. The van der Waals surface area contributed by atoms with Crippen LogP contribution in [0.4, 0.5) is 0 Å². The van der Waals surface area contributed by atoms with Crippen molar-refractivity contribution in [3.63, 3.8) is 0 Å². The number of carbonyl (C=O) groups is 1. The average Bonchev–Trinajstić information content (AvgIpc) is 2.65. The van der Waals surface area contributed by atoms with Gasteiger partial charge in [0.15, 0.2) is 0 Å². The third-order valence-corrected chi connectivity index (χ3v) is 4.07. The highest BCUT2D eigenvalue weighted by atomic mass is 79.9. The van der Waals surface area contributed by atoms with Gasteiger partial charge in [0.2, 0.25) is 5.91 Å². The molecule has 0 aliphatic carbocycles. The quantitative estimate of drug-likeness (QED) is 0.940. The molecule has 0 aliphatic heterocycles. The van der Waals surface area contributed by atoms with E-state index in [4.69, 9.17) is 0 Å².